The summed E-state index contributed by atoms with van der Waals surface area (Å²) in [6.07, 6.45) is 4.37. The van der Waals surface area contributed by atoms with Crippen molar-refractivity contribution in [1.29, 1.82) is 0 Å². The van der Waals surface area contributed by atoms with Crippen molar-refractivity contribution in [2.75, 3.05) is 10.6 Å². The Morgan fingerprint density at radius 2 is 1.94 bits per heavy atom. The maximum Gasteiger partial charge on any atom is 0.291 e. The summed E-state index contributed by atoms with van der Waals surface area (Å²) in [5.41, 5.74) is 3.56. The number of benzene rings is 1. The predicted octanol–water partition coefficient (Wildman–Crippen LogP) is 5.69. The standard InChI is InChI=1S/C25H23N7O2S/c1-14-13-32-22(26-14)12-23(29-25(32)28-21-11-19(30-31-21)16-4-5-16)35-18-8-6-17(7-9-18)27-24(33)20-10-3-15(2)34-20/h3,6-13,16H,4-5H2,1-2H3,(H,27,33)(H2,28,29,30,31). The van der Waals surface area contributed by atoms with Crippen molar-refractivity contribution in [3.63, 3.8) is 0 Å². The smallest absolute Gasteiger partial charge is 0.291 e. The largest absolute Gasteiger partial charge is 0.456 e. The van der Waals surface area contributed by atoms with Gasteiger partial charge >= 0.3 is 0 Å². The number of nitrogens with zero attached hydrogens (tertiary/aromatic N) is 4. The number of anilines is 3. The number of aryl methyl sites for hydroxylation is 2. The molecule has 4 heterocycles. The van der Waals surface area contributed by atoms with Crippen LogP contribution < -0.4 is 10.6 Å². The quantitative estimate of drug-likeness (QED) is 0.254. The fourth-order valence-corrected chi connectivity index (χ4v) is 4.63. The summed E-state index contributed by atoms with van der Waals surface area (Å²) in [4.78, 5) is 22.8. The van der Waals surface area contributed by atoms with Gasteiger partial charge in [-0.25, -0.2) is 9.97 Å². The van der Waals surface area contributed by atoms with Crippen LogP contribution in [-0.2, 0) is 0 Å². The first-order valence-corrected chi connectivity index (χ1v) is 12.2. The van der Waals surface area contributed by atoms with Crippen molar-refractivity contribution in [2.45, 2.75) is 42.5 Å². The molecule has 5 aromatic rings. The molecule has 0 radical (unpaired) electrons. The third kappa shape index (κ3) is 4.65. The van der Waals surface area contributed by atoms with Gasteiger partial charge in [0.15, 0.2) is 11.6 Å². The zero-order valence-corrected chi connectivity index (χ0v) is 20.0. The first-order chi connectivity index (χ1) is 17.0. The summed E-state index contributed by atoms with van der Waals surface area (Å²) in [6.45, 7) is 3.76. The number of aromatic nitrogens is 5. The molecule has 176 valence electrons. The molecule has 0 aliphatic heterocycles. The minimum Gasteiger partial charge on any atom is -0.456 e. The Kier molecular flexibility index (Phi) is 5.29. The van der Waals surface area contributed by atoms with Gasteiger partial charge in [-0.15, -0.1) is 0 Å². The molecular formula is C25H23N7O2S. The molecule has 0 saturated heterocycles. The topological polar surface area (TPSA) is 113 Å². The van der Waals surface area contributed by atoms with Crippen molar-refractivity contribution < 1.29 is 9.21 Å². The molecule has 1 fully saturated rings. The van der Waals surface area contributed by atoms with Gasteiger partial charge in [-0.05, 0) is 63.1 Å². The lowest BCUT2D eigenvalue weighted by molar-refractivity contribution is 0.0995. The second kappa shape index (κ2) is 8.62. The van der Waals surface area contributed by atoms with Gasteiger partial charge in [0.2, 0.25) is 5.95 Å². The molecule has 1 saturated carbocycles. The van der Waals surface area contributed by atoms with Crippen molar-refractivity contribution in [1.82, 2.24) is 24.6 Å². The normalized spacial score (nSPS) is 13.3. The average molecular weight is 486 g/mol. The molecule has 0 atom stereocenters. The van der Waals surface area contributed by atoms with Crippen molar-refractivity contribution >= 4 is 40.8 Å². The summed E-state index contributed by atoms with van der Waals surface area (Å²) in [6, 6.07) is 15.0. The van der Waals surface area contributed by atoms with E-state index in [-0.39, 0.29) is 11.7 Å². The summed E-state index contributed by atoms with van der Waals surface area (Å²) in [7, 11) is 0. The Hall–Kier alpha value is -4.05. The van der Waals surface area contributed by atoms with E-state index in [2.05, 4.69) is 25.8 Å². The molecule has 0 spiro atoms. The molecule has 0 bridgehead atoms. The average Bonchev–Trinajstić information content (AvgIpc) is 3.21. The number of amides is 1. The monoisotopic (exact) mass is 485 g/mol. The molecule has 10 heteroatoms. The third-order valence-electron chi connectivity index (χ3n) is 5.70. The highest BCUT2D eigenvalue weighted by Crippen LogP contribution is 2.39. The molecule has 6 rings (SSSR count). The Bertz CT molecular complexity index is 1530. The lowest BCUT2D eigenvalue weighted by Gasteiger charge is -2.09. The van der Waals surface area contributed by atoms with Crippen LogP contribution in [0.2, 0.25) is 0 Å². The maximum absolute atomic E-state index is 12.3. The van der Waals surface area contributed by atoms with E-state index in [1.54, 1.807) is 19.1 Å². The van der Waals surface area contributed by atoms with Gasteiger partial charge in [-0.2, -0.15) is 5.10 Å². The number of furan rings is 1. The Labute approximate surface area is 205 Å². The first kappa shape index (κ1) is 21.5. The minimum atomic E-state index is -0.278. The third-order valence-corrected chi connectivity index (χ3v) is 6.63. The van der Waals surface area contributed by atoms with Gasteiger partial charge in [-0.1, -0.05) is 11.8 Å². The number of carbonyl (C=O) groups is 1. The molecule has 1 amide bonds. The molecular weight excluding hydrogens is 462 g/mol. The van der Waals surface area contributed by atoms with Crippen LogP contribution in [0.5, 0.6) is 0 Å². The van der Waals surface area contributed by atoms with Gasteiger partial charge < -0.3 is 15.1 Å². The van der Waals surface area contributed by atoms with Crippen molar-refractivity contribution in [3.05, 3.63) is 77.6 Å². The molecule has 4 aromatic heterocycles. The zero-order valence-electron chi connectivity index (χ0n) is 19.2. The maximum atomic E-state index is 12.3. The number of fused-ring (bicyclic) bond motifs is 1. The van der Waals surface area contributed by atoms with E-state index >= 15 is 0 Å². The van der Waals surface area contributed by atoms with E-state index < -0.39 is 0 Å². The number of imidazole rings is 1. The van der Waals surface area contributed by atoms with E-state index in [9.17, 15) is 4.79 Å². The van der Waals surface area contributed by atoms with Crippen LogP contribution in [0, 0.1) is 13.8 Å². The van der Waals surface area contributed by atoms with Crippen LogP contribution in [0.1, 0.15) is 46.5 Å². The van der Waals surface area contributed by atoms with Crippen LogP contribution >= 0.6 is 11.8 Å². The van der Waals surface area contributed by atoms with Gasteiger partial charge in [0.1, 0.15) is 16.4 Å². The van der Waals surface area contributed by atoms with Gasteiger partial charge in [0, 0.05) is 40.5 Å². The highest BCUT2D eigenvalue weighted by molar-refractivity contribution is 7.99. The summed E-state index contributed by atoms with van der Waals surface area (Å²) in [5.74, 6) is 2.69. The molecule has 1 aliphatic carbocycles. The SMILES string of the molecule is Cc1cn2c(Nc3cc(C4CC4)[nH]n3)nc(Sc3ccc(NC(=O)c4ccc(C)o4)cc3)cc2n1. The Morgan fingerprint density at radius 1 is 1.11 bits per heavy atom. The van der Waals surface area contributed by atoms with E-state index in [0.717, 1.165) is 32.8 Å². The lowest BCUT2D eigenvalue weighted by atomic mass is 10.3. The summed E-state index contributed by atoms with van der Waals surface area (Å²) >= 11 is 1.52. The number of rotatable bonds is 7. The van der Waals surface area contributed by atoms with Crippen LogP contribution in [0.3, 0.4) is 0 Å². The van der Waals surface area contributed by atoms with Gasteiger partial charge in [-0.3, -0.25) is 14.3 Å². The van der Waals surface area contributed by atoms with E-state index in [4.69, 9.17) is 9.40 Å². The number of hydrogen-bond donors (Lipinski definition) is 3. The van der Waals surface area contributed by atoms with E-state index in [1.807, 2.05) is 53.9 Å². The van der Waals surface area contributed by atoms with E-state index in [0.29, 0.717) is 23.3 Å². The van der Waals surface area contributed by atoms with Crippen molar-refractivity contribution in [2.24, 2.45) is 0 Å². The van der Waals surface area contributed by atoms with Crippen LogP contribution in [0.4, 0.5) is 17.5 Å². The number of nitrogens with one attached hydrogen (secondary N) is 3. The Balaban J connectivity index is 1.21. The fraction of sp³-hybridized carbons (Fsp3) is 0.200. The highest BCUT2D eigenvalue weighted by Gasteiger charge is 2.25. The fourth-order valence-electron chi connectivity index (χ4n) is 3.82. The second-order valence-electron chi connectivity index (χ2n) is 8.63. The van der Waals surface area contributed by atoms with Gasteiger partial charge in [0.05, 0.1) is 5.69 Å². The minimum absolute atomic E-state index is 0.278. The van der Waals surface area contributed by atoms with Crippen LogP contribution in [0.15, 0.2) is 69.1 Å². The van der Waals surface area contributed by atoms with Gasteiger partial charge in [0.25, 0.3) is 5.91 Å². The second-order valence-corrected chi connectivity index (χ2v) is 9.72. The number of carbonyl (C=O) groups excluding carboxylic acids is 1. The highest BCUT2D eigenvalue weighted by atomic mass is 32.2. The zero-order chi connectivity index (χ0) is 23.9. The predicted molar refractivity (Wildman–Crippen MR) is 134 cm³/mol. The number of H-pyrrole nitrogens is 1. The molecule has 9 nitrogen and oxygen atoms in total. The summed E-state index contributed by atoms with van der Waals surface area (Å²) in [5, 5.41) is 14.5. The first-order valence-electron chi connectivity index (χ1n) is 11.3. The molecule has 0 unspecified atom stereocenters. The van der Waals surface area contributed by atoms with Crippen molar-refractivity contribution in [3.8, 4) is 0 Å². The molecule has 35 heavy (non-hydrogen) atoms. The molecule has 3 N–H and O–H groups in total. The van der Waals surface area contributed by atoms with Crippen LogP contribution in [-0.4, -0.2) is 30.5 Å². The number of aromatic amines is 1. The lowest BCUT2D eigenvalue weighted by Crippen LogP contribution is -2.10. The summed E-state index contributed by atoms with van der Waals surface area (Å²) < 4.78 is 7.31. The molecule has 1 aliphatic rings. The van der Waals surface area contributed by atoms with Crippen LogP contribution in [0.25, 0.3) is 5.65 Å². The van der Waals surface area contributed by atoms with E-state index in [1.165, 1.54) is 24.6 Å². The molecule has 1 aromatic carbocycles. The number of hydrogen-bond acceptors (Lipinski definition) is 7. The Morgan fingerprint density at radius 3 is 2.69 bits per heavy atom.